The molecule has 3 rings (SSSR count). The number of hydrogen-bond donors (Lipinski definition) is 4. The van der Waals surface area contributed by atoms with Gasteiger partial charge in [-0.15, -0.1) is 13.2 Å². The molecule has 132 valence electrons. The van der Waals surface area contributed by atoms with Gasteiger partial charge >= 0.3 is 0 Å². The van der Waals surface area contributed by atoms with Gasteiger partial charge in [0, 0.05) is 0 Å². The van der Waals surface area contributed by atoms with E-state index in [-0.39, 0.29) is 11.8 Å². The highest BCUT2D eigenvalue weighted by atomic mass is 31.2. The fraction of sp³-hybridized carbons (Fsp3) is 0.571. The summed E-state index contributed by atoms with van der Waals surface area (Å²) in [5.74, 6) is 0.290. The first-order chi connectivity index (χ1) is 11.2. The molecule has 2 aromatic heterocycles. The summed E-state index contributed by atoms with van der Waals surface area (Å²) in [7, 11) is 0. The quantitative estimate of drug-likeness (QED) is 0.548. The number of aliphatic hydroxyl groups excluding tert-OH is 2. The van der Waals surface area contributed by atoms with Gasteiger partial charge in [0.25, 0.3) is 0 Å². The summed E-state index contributed by atoms with van der Waals surface area (Å²) in [6.45, 7) is 2.98. The van der Waals surface area contributed by atoms with Crippen molar-refractivity contribution in [2.24, 2.45) is 0 Å². The molecule has 1 aliphatic heterocycles. The van der Waals surface area contributed by atoms with Crippen molar-refractivity contribution >= 4 is 36.1 Å². The topological polar surface area (TPSA) is 145 Å². The molecule has 4 atom stereocenters. The van der Waals surface area contributed by atoms with Crippen molar-refractivity contribution in [3.8, 4) is 0 Å². The van der Waals surface area contributed by atoms with E-state index in [2.05, 4.69) is 34.6 Å². The van der Waals surface area contributed by atoms with Gasteiger partial charge in [-0.2, -0.15) is 0 Å². The van der Waals surface area contributed by atoms with Crippen molar-refractivity contribution in [1.29, 1.82) is 0 Å². The third kappa shape index (κ3) is 3.00. The number of anilines is 2. The highest BCUT2D eigenvalue weighted by molar-refractivity contribution is 7.72. The van der Waals surface area contributed by atoms with Crippen molar-refractivity contribution in [1.82, 2.24) is 19.5 Å². The fourth-order valence-corrected chi connectivity index (χ4v) is 3.81. The lowest BCUT2D eigenvalue weighted by atomic mass is 10.1. The van der Waals surface area contributed by atoms with E-state index in [9.17, 15) is 10.2 Å². The van der Waals surface area contributed by atoms with Crippen molar-refractivity contribution in [3.63, 3.8) is 0 Å². The highest BCUT2D eigenvalue weighted by Gasteiger charge is 2.44. The normalized spacial score (nSPS) is 27.8. The Bertz CT molecular complexity index is 803. The van der Waals surface area contributed by atoms with Crippen molar-refractivity contribution in [3.05, 3.63) is 6.33 Å². The van der Waals surface area contributed by atoms with Crippen LogP contribution in [-0.2, 0) is 4.74 Å². The molecule has 1 aliphatic rings. The number of imidazole rings is 1. The van der Waals surface area contributed by atoms with Crippen LogP contribution < -0.4 is 11.5 Å². The third-order valence-corrected chi connectivity index (χ3v) is 5.61. The predicted octanol–water partition coefficient (Wildman–Crippen LogP) is -0.291. The van der Waals surface area contributed by atoms with E-state index >= 15 is 0 Å². The Morgan fingerprint density at radius 3 is 2.67 bits per heavy atom. The Morgan fingerprint density at radius 1 is 1.29 bits per heavy atom. The number of nitrogen functional groups attached to an aromatic ring is 2. The molecule has 9 nitrogen and oxygen atoms in total. The molecule has 0 aliphatic carbocycles. The lowest BCUT2D eigenvalue weighted by Crippen LogP contribution is -2.32. The molecule has 0 spiro atoms. The van der Waals surface area contributed by atoms with Crippen LogP contribution in [-0.4, -0.2) is 73.8 Å². The van der Waals surface area contributed by atoms with Gasteiger partial charge in [-0.25, -0.2) is 15.0 Å². The summed E-state index contributed by atoms with van der Waals surface area (Å²) >= 11 is 0. The number of nitrogens with zero attached hydrogens (tertiary/aromatic N) is 4. The summed E-state index contributed by atoms with van der Waals surface area (Å²) in [5.41, 5.74) is 12.4. The SMILES string of the molecule is C=P(C)(C)CC[C@H]1O[C@@H](n2c(N)nc3c(N)ncnc32)[C@H](O)[C@@H]1O. The Labute approximate surface area is 139 Å². The van der Waals surface area contributed by atoms with Crippen molar-refractivity contribution < 1.29 is 14.9 Å². The number of nitrogens with two attached hydrogens (primary N) is 2. The summed E-state index contributed by atoms with van der Waals surface area (Å²) in [6.07, 6.45) is 3.38. The number of fused-ring (bicyclic) bond motifs is 1. The minimum atomic E-state index is -1.25. The first-order valence-electron chi connectivity index (χ1n) is 7.62. The van der Waals surface area contributed by atoms with Crippen LogP contribution in [0.2, 0.25) is 0 Å². The molecule has 10 heteroatoms. The van der Waals surface area contributed by atoms with E-state index in [1.165, 1.54) is 10.9 Å². The second-order valence-corrected chi connectivity index (χ2v) is 11.1. The van der Waals surface area contributed by atoms with Gasteiger partial charge in [0.15, 0.2) is 23.2 Å². The second-order valence-electron chi connectivity index (χ2n) is 6.77. The van der Waals surface area contributed by atoms with Gasteiger partial charge in [0.05, 0.1) is 6.10 Å². The Kier molecular flexibility index (Phi) is 4.29. The Hall–Kier alpha value is -1.67. The fourth-order valence-electron chi connectivity index (χ4n) is 2.85. The summed E-state index contributed by atoms with van der Waals surface area (Å²) in [6, 6.07) is 0. The standard InChI is InChI=1S/C14H23N6O3P/c1-24(2,3)5-4-7-9(21)10(22)13(23-7)20-12-8(19-14(20)16)11(15)17-6-18-12/h6-7,9-10,13,21-22H,1,4-5H2,2-3H3,(H2,16,19)(H2,15,17,18)/t7-,9-,10-,13-/m1/s1. The van der Waals surface area contributed by atoms with Crippen LogP contribution in [0.3, 0.4) is 0 Å². The summed E-state index contributed by atoms with van der Waals surface area (Å²) in [4.78, 5) is 12.1. The van der Waals surface area contributed by atoms with Gasteiger partial charge in [0.2, 0.25) is 5.95 Å². The van der Waals surface area contributed by atoms with Gasteiger partial charge in [-0.3, -0.25) is 4.57 Å². The molecule has 3 heterocycles. The zero-order valence-corrected chi connectivity index (χ0v) is 14.6. The van der Waals surface area contributed by atoms with Gasteiger partial charge in [-0.1, -0.05) is 0 Å². The molecular formula is C14H23N6O3P. The summed E-state index contributed by atoms with van der Waals surface area (Å²) < 4.78 is 7.34. The molecule has 0 aromatic carbocycles. The smallest absolute Gasteiger partial charge is 0.204 e. The first-order valence-corrected chi connectivity index (χ1v) is 10.7. The second kappa shape index (κ2) is 6.00. The van der Waals surface area contributed by atoms with Crippen LogP contribution in [0.25, 0.3) is 11.2 Å². The van der Waals surface area contributed by atoms with E-state index in [0.29, 0.717) is 17.6 Å². The highest BCUT2D eigenvalue weighted by Crippen LogP contribution is 2.40. The summed E-state index contributed by atoms with van der Waals surface area (Å²) in [5, 5.41) is 20.7. The predicted molar refractivity (Wildman–Crippen MR) is 95.4 cm³/mol. The van der Waals surface area contributed by atoms with Crippen LogP contribution in [0.5, 0.6) is 0 Å². The molecule has 1 fully saturated rings. The van der Waals surface area contributed by atoms with Crippen LogP contribution in [0.1, 0.15) is 12.6 Å². The lowest BCUT2D eigenvalue weighted by molar-refractivity contribution is -0.0340. The van der Waals surface area contributed by atoms with Gasteiger partial charge < -0.3 is 26.4 Å². The molecule has 6 N–H and O–H groups in total. The van der Waals surface area contributed by atoms with E-state index < -0.39 is 31.4 Å². The van der Waals surface area contributed by atoms with E-state index in [0.717, 1.165) is 6.16 Å². The maximum Gasteiger partial charge on any atom is 0.204 e. The van der Waals surface area contributed by atoms with Gasteiger partial charge in [0.1, 0.15) is 18.5 Å². The lowest BCUT2D eigenvalue weighted by Gasteiger charge is -2.19. The van der Waals surface area contributed by atoms with Gasteiger partial charge in [-0.05, 0) is 25.9 Å². The Balaban J connectivity index is 1.92. The van der Waals surface area contributed by atoms with Crippen molar-refractivity contribution in [2.45, 2.75) is 31.0 Å². The number of ether oxygens (including phenoxy) is 1. The maximum absolute atomic E-state index is 10.4. The molecule has 0 unspecified atom stereocenters. The molecule has 1 saturated heterocycles. The largest absolute Gasteiger partial charge is 0.388 e. The van der Waals surface area contributed by atoms with E-state index in [1.54, 1.807) is 0 Å². The molecule has 0 bridgehead atoms. The van der Waals surface area contributed by atoms with Crippen molar-refractivity contribution in [2.75, 3.05) is 31.0 Å². The third-order valence-electron chi connectivity index (χ3n) is 4.14. The van der Waals surface area contributed by atoms with E-state index in [1.807, 2.05) is 0 Å². The average Bonchev–Trinajstić information content (AvgIpc) is 2.96. The average molecular weight is 354 g/mol. The van der Waals surface area contributed by atoms with E-state index in [4.69, 9.17) is 16.2 Å². The number of rotatable bonds is 4. The molecule has 2 aromatic rings. The van der Waals surface area contributed by atoms with Crippen LogP contribution in [0, 0.1) is 0 Å². The molecule has 0 radical (unpaired) electrons. The monoisotopic (exact) mass is 354 g/mol. The number of aliphatic hydroxyl groups is 2. The zero-order chi connectivity index (χ0) is 17.6. The molecular weight excluding hydrogens is 331 g/mol. The van der Waals surface area contributed by atoms with Crippen LogP contribution in [0.4, 0.5) is 11.8 Å². The first kappa shape index (κ1) is 17.2. The minimum absolute atomic E-state index is 0.0964. The maximum atomic E-state index is 10.4. The molecule has 0 saturated carbocycles. The molecule has 24 heavy (non-hydrogen) atoms. The van der Waals surface area contributed by atoms with Crippen LogP contribution >= 0.6 is 6.89 Å². The Morgan fingerprint density at radius 2 is 2.00 bits per heavy atom. The van der Waals surface area contributed by atoms with Crippen LogP contribution in [0.15, 0.2) is 6.33 Å². The molecule has 0 amide bonds. The number of aromatic nitrogens is 4. The zero-order valence-electron chi connectivity index (χ0n) is 13.7. The number of hydrogen-bond acceptors (Lipinski definition) is 8. The minimum Gasteiger partial charge on any atom is -0.388 e.